The quantitative estimate of drug-likeness (QED) is 0.403. The molecular weight excluding hydrogens is 124 g/mol. The fourth-order valence-corrected chi connectivity index (χ4v) is 0.187. The van der Waals surface area contributed by atoms with Crippen LogP contribution in [-0.4, -0.2) is 17.0 Å². The highest BCUT2D eigenvalue weighted by atomic mass is 35.5. The van der Waals surface area contributed by atoms with Crippen molar-refractivity contribution in [3.8, 4) is 0 Å². The summed E-state index contributed by atoms with van der Waals surface area (Å²) < 4.78 is 11.2. The van der Waals surface area contributed by atoms with E-state index in [-0.39, 0.29) is 0 Å². The van der Waals surface area contributed by atoms with Gasteiger partial charge >= 0.3 is 6.09 Å². The molecule has 0 aliphatic heterocycles. The van der Waals surface area contributed by atoms with E-state index in [9.17, 15) is 9.18 Å². The molecule has 3 nitrogen and oxygen atoms in total. The lowest BCUT2D eigenvalue weighted by molar-refractivity contribution is 0.185. The second-order valence-corrected chi connectivity index (χ2v) is 1.13. The molecule has 0 fully saturated rings. The van der Waals surface area contributed by atoms with Crippen molar-refractivity contribution in [2.24, 2.45) is 0 Å². The predicted molar refractivity (Wildman–Crippen MR) is 21.9 cm³/mol. The third kappa shape index (κ3) is 5.49. The molecule has 42 valence electrons. The molecule has 1 amide bonds. The average molecular weight is 128 g/mol. The third-order valence-electron chi connectivity index (χ3n) is 0.233. The van der Waals surface area contributed by atoms with Crippen molar-refractivity contribution < 1.29 is 14.3 Å². The van der Waals surface area contributed by atoms with Crippen molar-refractivity contribution in [2.75, 3.05) is 0 Å². The van der Waals surface area contributed by atoms with Crippen LogP contribution in [0.2, 0.25) is 0 Å². The van der Waals surface area contributed by atoms with Crippen LogP contribution in [0.15, 0.2) is 0 Å². The summed E-state index contributed by atoms with van der Waals surface area (Å²) in [6.45, 7) is 0. The Morgan fingerprint density at radius 2 is 2.43 bits per heavy atom. The van der Waals surface area contributed by atoms with Gasteiger partial charge in [0.2, 0.25) is 0 Å². The largest absolute Gasteiger partial charge is 0.465 e. The third-order valence-corrected chi connectivity index (χ3v) is 0.342. The molecule has 0 bridgehead atoms. The van der Waals surface area contributed by atoms with Crippen LogP contribution in [0.3, 0.4) is 0 Å². The average Bonchev–Trinajstić information content (AvgIpc) is 1.27. The Morgan fingerprint density at radius 1 is 2.00 bits per heavy atom. The first-order chi connectivity index (χ1) is 3.13. The number of carboxylic acid groups (broad SMARTS) is 1. The Morgan fingerprint density at radius 3 is 2.43 bits per heavy atom. The van der Waals surface area contributed by atoms with Crippen LogP contribution in [0.5, 0.6) is 0 Å². The molecule has 0 aromatic carbocycles. The molecular formula is C2H3ClFNO2. The Kier molecular flexibility index (Phi) is 2.44. The van der Waals surface area contributed by atoms with Crippen molar-refractivity contribution in [3.63, 3.8) is 0 Å². The van der Waals surface area contributed by atoms with Gasteiger partial charge in [0, 0.05) is 0 Å². The van der Waals surface area contributed by atoms with Crippen molar-refractivity contribution in [1.82, 2.24) is 5.32 Å². The molecule has 5 heteroatoms. The van der Waals surface area contributed by atoms with Crippen LogP contribution >= 0.6 is 11.6 Å². The smallest absolute Gasteiger partial charge is 0.407 e. The lowest BCUT2D eigenvalue weighted by Crippen LogP contribution is -2.25. The number of nitrogens with one attached hydrogen (secondary N) is 1. The van der Waals surface area contributed by atoms with E-state index in [4.69, 9.17) is 5.11 Å². The number of carbonyl (C=O) groups is 1. The minimum atomic E-state index is -2.00. The Balaban J connectivity index is 3.13. The maximum absolute atomic E-state index is 11.2. The summed E-state index contributed by atoms with van der Waals surface area (Å²) >= 11 is 4.51. The Bertz CT molecular complexity index is 76.1. The summed E-state index contributed by atoms with van der Waals surface area (Å²) in [5.74, 6) is -2.00. The second kappa shape index (κ2) is 2.63. The molecule has 0 saturated carbocycles. The van der Waals surface area contributed by atoms with Crippen molar-refractivity contribution in [2.45, 2.75) is 5.75 Å². The lowest BCUT2D eigenvalue weighted by atomic mass is 11.1. The van der Waals surface area contributed by atoms with Gasteiger partial charge in [0.05, 0.1) is 0 Å². The molecule has 0 saturated heterocycles. The first-order valence-corrected chi connectivity index (χ1v) is 1.84. The van der Waals surface area contributed by atoms with E-state index in [2.05, 4.69) is 11.6 Å². The molecule has 0 spiro atoms. The van der Waals surface area contributed by atoms with Crippen molar-refractivity contribution in [1.29, 1.82) is 0 Å². The molecule has 0 aliphatic rings. The lowest BCUT2D eigenvalue weighted by Gasteiger charge is -1.94. The number of hydrogen-bond donors (Lipinski definition) is 2. The van der Waals surface area contributed by atoms with Gasteiger partial charge in [-0.3, -0.25) is 5.32 Å². The van der Waals surface area contributed by atoms with Crippen LogP contribution in [0.25, 0.3) is 0 Å². The highest BCUT2D eigenvalue weighted by Crippen LogP contribution is 1.88. The maximum atomic E-state index is 11.2. The summed E-state index contributed by atoms with van der Waals surface area (Å²) in [7, 11) is 0. The van der Waals surface area contributed by atoms with Gasteiger partial charge in [-0.15, -0.1) is 0 Å². The predicted octanol–water partition coefficient (Wildman–Crippen LogP) is 0.746. The highest BCUT2D eigenvalue weighted by molar-refractivity contribution is 6.20. The van der Waals surface area contributed by atoms with Crippen LogP contribution in [0.4, 0.5) is 9.18 Å². The number of alkyl halides is 2. The molecule has 0 aromatic heterocycles. The van der Waals surface area contributed by atoms with Gasteiger partial charge in [-0.05, 0) is 0 Å². The van der Waals surface area contributed by atoms with Crippen molar-refractivity contribution in [3.05, 3.63) is 0 Å². The number of amides is 1. The topological polar surface area (TPSA) is 49.3 Å². The fourth-order valence-electron chi connectivity index (χ4n) is 0.0933. The van der Waals surface area contributed by atoms with Crippen LogP contribution in [0.1, 0.15) is 0 Å². The van der Waals surface area contributed by atoms with Crippen LogP contribution in [0, 0.1) is 0 Å². The van der Waals surface area contributed by atoms with E-state index < -0.39 is 11.8 Å². The molecule has 0 aromatic rings. The molecule has 0 radical (unpaired) electrons. The first-order valence-electron chi connectivity index (χ1n) is 1.40. The zero-order valence-corrected chi connectivity index (χ0v) is 3.94. The summed E-state index contributed by atoms with van der Waals surface area (Å²) in [4.78, 5) is 9.37. The standard InChI is InChI=1S/C2H3ClFNO2/c3-1(4)5-2(6)7/h1,5H,(H,6,7). The molecule has 1 atom stereocenters. The molecule has 2 N–H and O–H groups in total. The van der Waals surface area contributed by atoms with Gasteiger partial charge in [-0.2, -0.15) is 0 Å². The Hall–Kier alpha value is -0.510. The molecule has 1 unspecified atom stereocenters. The van der Waals surface area contributed by atoms with Gasteiger partial charge in [0.25, 0.3) is 5.75 Å². The van der Waals surface area contributed by atoms with Gasteiger partial charge < -0.3 is 5.11 Å². The molecule has 0 aliphatic carbocycles. The number of hydrogen-bond acceptors (Lipinski definition) is 1. The summed E-state index contributed by atoms with van der Waals surface area (Å²) in [6, 6.07) is 0. The first kappa shape index (κ1) is 6.49. The zero-order valence-electron chi connectivity index (χ0n) is 3.19. The number of halogens is 2. The Labute approximate surface area is 44.1 Å². The SMILES string of the molecule is O=C(O)NC(F)Cl. The van der Waals surface area contributed by atoms with E-state index in [0.29, 0.717) is 0 Å². The van der Waals surface area contributed by atoms with Gasteiger partial charge in [0.15, 0.2) is 0 Å². The van der Waals surface area contributed by atoms with Crippen LogP contribution < -0.4 is 5.32 Å². The summed E-state index contributed by atoms with van der Waals surface area (Å²) in [6.07, 6.45) is -1.47. The second-order valence-electron chi connectivity index (χ2n) is 0.750. The van der Waals surface area contributed by atoms with E-state index in [0.717, 1.165) is 0 Å². The number of rotatable bonds is 1. The van der Waals surface area contributed by atoms with Crippen molar-refractivity contribution >= 4 is 17.7 Å². The van der Waals surface area contributed by atoms with Gasteiger partial charge in [-0.1, -0.05) is 11.6 Å². The molecule has 0 heterocycles. The maximum Gasteiger partial charge on any atom is 0.407 e. The fraction of sp³-hybridized carbons (Fsp3) is 0.500. The monoisotopic (exact) mass is 127 g/mol. The van der Waals surface area contributed by atoms with E-state index in [1.165, 1.54) is 5.32 Å². The minimum Gasteiger partial charge on any atom is -0.465 e. The van der Waals surface area contributed by atoms with E-state index in [1.807, 2.05) is 0 Å². The molecule has 7 heavy (non-hydrogen) atoms. The van der Waals surface area contributed by atoms with E-state index >= 15 is 0 Å². The van der Waals surface area contributed by atoms with Gasteiger partial charge in [0.1, 0.15) is 0 Å². The summed E-state index contributed by atoms with van der Waals surface area (Å²) in [5, 5.41) is 8.97. The summed E-state index contributed by atoms with van der Waals surface area (Å²) in [5.41, 5.74) is 0. The van der Waals surface area contributed by atoms with E-state index in [1.54, 1.807) is 0 Å². The van der Waals surface area contributed by atoms with Gasteiger partial charge in [-0.25, -0.2) is 9.18 Å². The highest BCUT2D eigenvalue weighted by Gasteiger charge is 2.00. The molecule has 0 rings (SSSR count). The minimum absolute atomic E-state index is 1.32. The van der Waals surface area contributed by atoms with Crippen LogP contribution in [-0.2, 0) is 0 Å². The normalized spacial score (nSPS) is 12.9. The zero-order chi connectivity index (χ0) is 5.86.